The van der Waals surface area contributed by atoms with Gasteiger partial charge in [0.15, 0.2) is 0 Å². The van der Waals surface area contributed by atoms with E-state index in [0.29, 0.717) is 11.3 Å². The third-order valence-corrected chi connectivity index (χ3v) is 7.98. The molecular formula is C28H34N8O. The quantitative estimate of drug-likeness (QED) is 0.499. The Balaban J connectivity index is 1.56. The molecule has 37 heavy (non-hydrogen) atoms. The average molecular weight is 499 g/mol. The lowest BCUT2D eigenvalue weighted by atomic mass is 9.87. The molecule has 5 N–H and O–H groups in total. The van der Waals surface area contributed by atoms with Crippen molar-refractivity contribution >= 4 is 34.1 Å². The molecule has 0 radical (unpaired) electrons. The Bertz CT molecular complexity index is 1430. The number of anilines is 2. The highest BCUT2D eigenvalue weighted by atomic mass is 16.1. The molecule has 3 aromatic rings. The van der Waals surface area contributed by atoms with E-state index in [2.05, 4.69) is 43.2 Å². The van der Waals surface area contributed by atoms with Gasteiger partial charge in [-0.25, -0.2) is 10.1 Å². The number of H-pyrrole nitrogens is 1. The van der Waals surface area contributed by atoms with E-state index in [-0.39, 0.29) is 11.5 Å². The molecule has 1 saturated heterocycles. The molecule has 9 nitrogen and oxygen atoms in total. The molecule has 0 atom stereocenters. The van der Waals surface area contributed by atoms with Crippen LogP contribution < -0.4 is 26.8 Å². The number of benzene rings is 2. The van der Waals surface area contributed by atoms with E-state index in [1.807, 2.05) is 24.3 Å². The van der Waals surface area contributed by atoms with Gasteiger partial charge in [0.25, 0.3) is 5.56 Å². The van der Waals surface area contributed by atoms with E-state index in [1.165, 1.54) is 19.3 Å². The predicted molar refractivity (Wildman–Crippen MR) is 150 cm³/mol. The van der Waals surface area contributed by atoms with Crippen molar-refractivity contribution in [3.63, 3.8) is 0 Å². The number of rotatable bonds is 3. The van der Waals surface area contributed by atoms with Crippen molar-refractivity contribution in [2.75, 3.05) is 22.9 Å². The van der Waals surface area contributed by atoms with Gasteiger partial charge in [0.05, 0.1) is 22.5 Å². The molecule has 0 amide bonds. The molecule has 2 aliphatic heterocycles. The Labute approximate surface area is 216 Å². The molecule has 9 heteroatoms. The smallest absolute Gasteiger partial charge is 0.272 e. The Kier molecular flexibility index (Phi) is 6.06. The SMILES string of the molecule is NC1=NC2(CCCCC2)N(c2cc(-c3n[nH]c(=O)c4ccccc34)ccc2N2CCCCCC2)C(N)=N1. The monoisotopic (exact) mass is 498 g/mol. The third-order valence-electron chi connectivity index (χ3n) is 7.98. The number of nitrogens with two attached hydrogens (primary N) is 2. The first-order chi connectivity index (χ1) is 18.1. The largest absolute Gasteiger partial charge is 0.370 e. The molecule has 0 bridgehead atoms. The maximum absolute atomic E-state index is 12.5. The van der Waals surface area contributed by atoms with Crippen LogP contribution in [0.3, 0.4) is 0 Å². The molecule has 1 spiro atoms. The van der Waals surface area contributed by atoms with Gasteiger partial charge in [-0.15, -0.1) is 0 Å². The van der Waals surface area contributed by atoms with Crippen LogP contribution in [0.5, 0.6) is 0 Å². The lowest BCUT2D eigenvalue weighted by molar-refractivity contribution is 0.305. The van der Waals surface area contributed by atoms with Gasteiger partial charge in [0.1, 0.15) is 5.66 Å². The summed E-state index contributed by atoms with van der Waals surface area (Å²) in [5, 5.41) is 8.59. The Morgan fingerprint density at radius 2 is 1.54 bits per heavy atom. The Morgan fingerprint density at radius 1 is 0.838 bits per heavy atom. The standard InChI is InChI=1S/C28H34N8O/c29-26-31-27(30)36(28(32-26)14-6-3-7-15-28)23-18-19(12-13-22(23)35-16-8-1-2-9-17-35)24-20-10-4-5-11-21(20)25(37)34-33-24/h4-5,10-13,18H,1-3,6-9,14-17H2,(H,34,37)(H4,29,30,31,32). The van der Waals surface area contributed by atoms with Crippen LogP contribution in [0.1, 0.15) is 57.8 Å². The first-order valence-electron chi connectivity index (χ1n) is 13.4. The minimum atomic E-state index is -0.548. The van der Waals surface area contributed by atoms with Crippen molar-refractivity contribution in [1.29, 1.82) is 0 Å². The van der Waals surface area contributed by atoms with E-state index in [4.69, 9.17) is 16.5 Å². The number of hydrogen-bond donors (Lipinski definition) is 3. The molecule has 192 valence electrons. The molecule has 2 fully saturated rings. The highest BCUT2D eigenvalue weighted by molar-refractivity contribution is 6.08. The van der Waals surface area contributed by atoms with E-state index in [9.17, 15) is 4.79 Å². The summed E-state index contributed by atoms with van der Waals surface area (Å²) >= 11 is 0. The van der Waals surface area contributed by atoms with Crippen LogP contribution in [0.25, 0.3) is 22.0 Å². The first kappa shape index (κ1) is 23.5. The minimum absolute atomic E-state index is 0.195. The van der Waals surface area contributed by atoms with E-state index in [1.54, 1.807) is 0 Å². The van der Waals surface area contributed by atoms with Crippen molar-refractivity contribution < 1.29 is 0 Å². The fourth-order valence-electron chi connectivity index (χ4n) is 6.23. The van der Waals surface area contributed by atoms with Gasteiger partial charge in [0, 0.05) is 24.0 Å². The number of fused-ring (bicyclic) bond motifs is 1. The summed E-state index contributed by atoms with van der Waals surface area (Å²) in [6.07, 6.45) is 9.84. The van der Waals surface area contributed by atoms with Crippen molar-refractivity contribution in [3.8, 4) is 11.3 Å². The summed E-state index contributed by atoms with van der Waals surface area (Å²) in [6, 6.07) is 14.0. The molecule has 3 aliphatic rings. The highest BCUT2D eigenvalue weighted by Gasteiger charge is 2.43. The number of guanidine groups is 2. The van der Waals surface area contributed by atoms with Crippen LogP contribution in [-0.4, -0.2) is 40.9 Å². The lowest BCUT2D eigenvalue weighted by Crippen LogP contribution is -2.58. The number of hydrogen-bond acceptors (Lipinski definition) is 8. The second-order valence-corrected chi connectivity index (χ2v) is 10.4. The van der Waals surface area contributed by atoms with Crippen LogP contribution in [0.4, 0.5) is 11.4 Å². The lowest BCUT2D eigenvalue weighted by Gasteiger charge is -2.47. The number of aromatic amines is 1. The normalized spacial score (nSPS) is 20.0. The number of aromatic nitrogens is 2. The summed E-state index contributed by atoms with van der Waals surface area (Å²) < 4.78 is 0. The van der Waals surface area contributed by atoms with Gasteiger partial charge in [-0.1, -0.05) is 43.5 Å². The molecule has 1 saturated carbocycles. The molecule has 1 aromatic heterocycles. The maximum atomic E-state index is 12.5. The van der Waals surface area contributed by atoms with Crippen LogP contribution in [0.15, 0.2) is 57.2 Å². The van der Waals surface area contributed by atoms with Gasteiger partial charge < -0.3 is 16.4 Å². The molecule has 6 rings (SSSR count). The van der Waals surface area contributed by atoms with Gasteiger partial charge in [0.2, 0.25) is 11.9 Å². The zero-order valence-electron chi connectivity index (χ0n) is 21.1. The number of nitrogens with one attached hydrogen (secondary N) is 1. The van der Waals surface area contributed by atoms with E-state index >= 15 is 0 Å². The van der Waals surface area contributed by atoms with E-state index < -0.39 is 5.66 Å². The van der Waals surface area contributed by atoms with Crippen molar-refractivity contribution in [2.45, 2.75) is 63.5 Å². The van der Waals surface area contributed by atoms with Crippen LogP contribution in [-0.2, 0) is 0 Å². The molecule has 3 heterocycles. The van der Waals surface area contributed by atoms with Gasteiger partial charge >= 0.3 is 0 Å². The van der Waals surface area contributed by atoms with Crippen LogP contribution in [0, 0.1) is 0 Å². The van der Waals surface area contributed by atoms with Crippen LogP contribution in [0.2, 0.25) is 0 Å². The van der Waals surface area contributed by atoms with Gasteiger partial charge in [-0.2, -0.15) is 10.1 Å². The predicted octanol–water partition coefficient (Wildman–Crippen LogP) is 4.08. The zero-order chi connectivity index (χ0) is 25.4. The molecule has 0 unspecified atom stereocenters. The third kappa shape index (κ3) is 4.22. The Hall–Kier alpha value is -3.88. The molecule has 1 aliphatic carbocycles. The molecule has 2 aromatic carbocycles. The van der Waals surface area contributed by atoms with Gasteiger partial charge in [-0.3, -0.25) is 9.69 Å². The summed E-state index contributed by atoms with van der Waals surface area (Å²) in [5.74, 6) is 0.623. The summed E-state index contributed by atoms with van der Waals surface area (Å²) in [4.78, 5) is 26.4. The van der Waals surface area contributed by atoms with Crippen molar-refractivity contribution in [2.24, 2.45) is 21.5 Å². The number of aliphatic imine (C=N–C) groups is 2. The maximum Gasteiger partial charge on any atom is 0.272 e. The summed E-state index contributed by atoms with van der Waals surface area (Å²) in [5.41, 5.74) is 15.8. The van der Waals surface area contributed by atoms with Crippen molar-refractivity contribution in [3.05, 3.63) is 52.8 Å². The Morgan fingerprint density at radius 3 is 2.30 bits per heavy atom. The summed E-state index contributed by atoms with van der Waals surface area (Å²) in [7, 11) is 0. The zero-order valence-corrected chi connectivity index (χ0v) is 21.1. The minimum Gasteiger partial charge on any atom is -0.370 e. The second-order valence-electron chi connectivity index (χ2n) is 10.4. The van der Waals surface area contributed by atoms with Crippen molar-refractivity contribution in [1.82, 2.24) is 10.2 Å². The fourth-order valence-corrected chi connectivity index (χ4v) is 6.23. The average Bonchev–Trinajstić information content (AvgIpc) is 3.19. The number of nitrogens with zero attached hydrogens (tertiary/aromatic N) is 5. The highest BCUT2D eigenvalue weighted by Crippen LogP contribution is 2.44. The fraction of sp³-hybridized carbons (Fsp3) is 0.429. The first-order valence-corrected chi connectivity index (χ1v) is 13.4. The second kappa shape index (κ2) is 9.53. The van der Waals surface area contributed by atoms with Crippen LogP contribution >= 0.6 is 0 Å². The van der Waals surface area contributed by atoms with E-state index in [0.717, 1.165) is 79.6 Å². The molecular weight excluding hydrogens is 464 g/mol. The summed E-state index contributed by atoms with van der Waals surface area (Å²) in [6.45, 7) is 1.99. The topological polar surface area (TPSA) is 129 Å². The van der Waals surface area contributed by atoms with Gasteiger partial charge in [-0.05, 0) is 56.7 Å².